The number of allylic oxidation sites excluding steroid dienone is 1. The van der Waals surface area contributed by atoms with Crippen molar-refractivity contribution in [2.75, 3.05) is 13.2 Å². The molecule has 3 rings (SSSR count). The van der Waals surface area contributed by atoms with Crippen molar-refractivity contribution in [3.8, 4) is 5.75 Å². The van der Waals surface area contributed by atoms with E-state index in [0.717, 1.165) is 47.4 Å². The van der Waals surface area contributed by atoms with E-state index in [1.165, 1.54) is 0 Å². The highest BCUT2D eigenvalue weighted by Crippen LogP contribution is 2.21. The van der Waals surface area contributed by atoms with Gasteiger partial charge in [-0.05, 0) is 36.6 Å². The van der Waals surface area contributed by atoms with E-state index in [1.54, 1.807) is 0 Å². The van der Waals surface area contributed by atoms with Crippen molar-refractivity contribution in [3.63, 3.8) is 0 Å². The van der Waals surface area contributed by atoms with Crippen LogP contribution in [0.4, 0.5) is 0 Å². The molecule has 0 aliphatic heterocycles. The summed E-state index contributed by atoms with van der Waals surface area (Å²) in [6.45, 7) is 11.5. The van der Waals surface area contributed by atoms with Gasteiger partial charge in [-0.15, -0.1) is 6.58 Å². The number of carbonyl (C=O) groups is 1. The number of carbonyl (C=O) groups excluding carboxylic acids is 1. The first-order chi connectivity index (χ1) is 14.9. The Labute approximate surface area is 185 Å². The third-order valence-corrected chi connectivity index (χ3v) is 5.19. The van der Waals surface area contributed by atoms with Crippen LogP contribution in [0.2, 0.25) is 0 Å². The van der Waals surface area contributed by atoms with Gasteiger partial charge >= 0.3 is 0 Å². The average Bonchev–Trinajstić information content (AvgIpc) is 3.09. The summed E-state index contributed by atoms with van der Waals surface area (Å²) in [7, 11) is 0. The number of para-hydroxylation sites is 3. The topological polar surface area (TPSA) is 56.1 Å². The summed E-state index contributed by atoms with van der Waals surface area (Å²) in [6, 6.07) is 16.3. The van der Waals surface area contributed by atoms with E-state index in [2.05, 4.69) is 28.6 Å². The summed E-state index contributed by atoms with van der Waals surface area (Å²) >= 11 is 0. The molecule has 164 valence electrons. The van der Waals surface area contributed by atoms with Crippen molar-refractivity contribution in [1.29, 1.82) is 0 Å². The molecule has 0 unspecified atom stereocenters. The van der Waals surface area contributed by atoms with Crippen LogP contribution in [0.1, 0.15) is 38.6 Å². The minimum absolute atomic E-state index is 0.0765. The van der Waals surface area contributed by atoms with Crippen LogP contribution in [0.15, 0.2) is 61.2 Å². The summed E-state index contributed by atoms with van der Waals surface area (Å²) in [5.41, 5.74) is 2.87. The van der Waals surface area contributed by atoms with Gasteiger partial charge in [0.25, 0.3) is 0 Å². The minimum Gasteiger partial charge on any atom is -0.491 e. The molecule has 5 nitrogen and oxygen atoms in total. The van der Waals surface area contributed by atoms with Gasteiger partial charge in [-0.1, -0.05) is 57.2 Å². The Morgan fingerprint density at radius 2 is 1.90 bits per heavy atom. The lowest BCUT2D eigenvalue weighted by Crippen LogP contribution is -2.35. The number of rotatable bonds is 10. The Morgan fingerprint density at radius 1 is 1.16 bits per heavy atom. The third kappa shape index (κ3) is 5.97. The number of nitrogens with zero attached hydrogens (tertiary/aromatic N) is 2. The monoisotopic (exact) mass is 419 g/mol. The van der Waals surface area contributed by atoms with Gasteiger partial charge in [-0.25, -0.2) is 4.98 Å². The number of ether oxygens (including phenoxy) is 1. The van der Waals surface area contributed by atoms with Gasteiger partial charge in [0, 0.05) is 18.4 Å². The Kier molecular flexibility index (Phi) is 7.50. The maximum absolute atomic E-state index is 12.1. The zero-order chi connectivity index (χ0) is 22.3. The van der Waals surface area contributed by atoms with Gasteiger partial charge < -0.3 is 14.6 Å². The molecule has 0 saturated carbocycles. The van der Waals surface area contributed by atoms with Crippen molar-refractivity contribution < 1.29 is 9.53 Å². The molecular weight excluding hydrogens is 386 g/mol. The summed E-state index contributed by atoms with van der Waals surface area (Å²) in [4.78, 5) is 16.9. The van der Waals surface area contributed by atoms with Gasteiger partial charge in [0.2, 0.25) is 5.91 Å². The first kappa shape index (κ1) is 22.6. The van der Waals surface area contributed by atoms with E-state index in [4.69, 9.17) is 9.72 Å². The maximum Gasteiger partial charge on any atom is 0.225 e. The lowest BCUT2D eigenvalue weighted by atomic mass is 9.96. The second kappa shape index (κ2) is 10.3. The lowest BCUT2D eigenvalue weighted by molar-refractivity contribution is -0.128. The molecule has 0 aliphatic rings. The summed E-state index contributed by atoms with van der Waals surface area (Å²) in [6.07, 6.45) is 4.32. The molecule has 1 aromatic heterocycles. The van der Waals surface area contributed by atoms with E-state index in [1.807, 2.05) is 63.2 Å². The molecule has 2 aromatic carbocycles. The standard InChI is InChI=1S/C26H33N3O2/c1-5-11-20-12-6-9-15-23(20)31-19-18-29-22-14-8-7-13-21(22)28-24(29)16-10-17-27-25(30)26(2,3)4/h5-9,12-15H,1,10-11,16-19H2,2-4H3,(H,27,30). The van der Waals surface area contributed by atoms with Gasteiger partial charge in [0.15, 0.2) is 0 Å². The maximum atomic E-state index is 12.1. The largest absolute Gasteiger partial charge is 0.491 e. The number of amides is 1. The van der Waals surface area contributed by atoms with Gasteiger partial charge in [-0.2, -0.15) is 0 Å². The zero-order valence-electron chi connectivity index (χ0n) is 18.9. The second-order valence-corrected chi connectivity index (χ2v) is 8.73. The number of nitrogens with one attached hydrogen (secondary N) is 1. The number of imidazole rings is 1. The van der Waals surface area contributed by atoms with Gasteiger partial charge in [0.05, 0.1) is 17.6 Å². The lowest BCUT2D eigenvalue weighted by Gasteiger charge is -2.17. The number of aryl methyl sites for hydroxylation is 1. The van der Waals surface area contributed by atoms with E-state index in [0.29, 0.717) is 19.7 Å². The second-order valence-electron chi connectivity index (χ2n) is 8.73. The molecule has 0 fully saturated rings. The Balaban J connectivity index is 1.65. The van der Waals surface area contributed by atoms with E-state index >= 15 is 0 Å². The number of aromatic nitrogens is 2. The van der Waals surface area contributed by atoms with Crippen LogP contribution >= 0.6 is 0 Å². The molecule has 1 N–H and O–H groups in total. The van der Waals surface area contributed by atoms with E-state index in [9.17, 15) is 4.79 Å². The van der Waals surface area contributed by atoms with Crippen LogP contribution in [0.3, 0.4) is 0 Å². The fraction of sp³-hybridized carbons (Fsp3) is 0.385. The normalized spacial score (nSPS) is 11.5. The van der Waals surface area contributed by atoms with Gasteiger partial charge in [-0.3, -0.25) is 4.79 Å². The molecule has 0 bridgehead atoms. The van der Waals surface area contributed by atoms with Crippen molar-refractivity contribution in [2.45, 2.75) is 46.6 Å². The molecule has 1 heterocycles. The van der Waals surface area contributed by atoms with Crippen LogP contribution in [-0.2, 0) is 24.2 Å². The highest BCUT2D eigenvalue weighted by molar-refractivity contribution is 5.81. The molecule has 0 spiro atoms. The van der Waals surface area contributed by atoms with Crippen LogP contribution in [0.5, 0.6) is 5.75 Å². The van der Waals surface area contributed by atoms with Crippen LogP contribution in [0, 0.1) is 5.41 Å². The molecular formula is C26H33N3O2. The van der Waals surface area contributed by atoms with Crippen molar-refractivity contribution in [2.24, 2.45) is 5.41 Å². The third-order valence-electron chi connectivity index (χ3n) is 5.19. The van der Waals surface area contributed by atoms with E-state index < -0.39 is 0 Å². The van der Waals surface area contributed by atoms with E-state index in [-0.39, 0.29) is 11.3 Å². The minimum atomic E-state index is -0.369. The predicted octanol–water partition coefficient (Wildman–Crippen LogP) is 4.94. The molecule has 0 saturated heterocycles. The molecule has 1 amide bonds. The van der Waals surface area contributed by atoms with Crippen LogP contribution in [-0.4, -0.2) is 28.6 Å². The number of fused-ring (bicyclic) bond motifs is 1. The van der Waals surface area contributed by atoms with Crippen molar-refractivity contribution in [3.05, 3.63) is 72.6 Å². The Hall–Kier alpha value is -3.08. The summed E-state index contributed by atoms with van der Waals surface area (Å²) < 4.78 is 8.34. The number of benzene rings is 2. The summed E-state index contributed by atoms with van der Waals surface area (Å²) in [5, 5.41) is 3.02. The summed E-state index contributed by atoms with van der Waals surface area (Å²) in [5.74, 6) is 2.00. The molecule has 0 radical (unpaired) electrons. The number of hydrogen-bond donors (Lipinski definition) is 1. The smallest absolute Gasteiger partial charge is 0.225 e. The molecule has 0 atom stereocenters. The first-order valence-electron chi connectivity index (χ1n) is 10.9. The van der Waals surface area contributed by atoms with Crippen molar-refractivity contribution >= 4 is 16.9 Å². The molecule has 0 aliphatic carbocycles. The van der Waals surface area contributed by atoms with Crippen LogP contribution < -0.4 is 10.1 Å². The molecule has 31 heavy (non-hydrogen) atoms. The SMILES string of the molecule is C=CCc1ccccc1OCCn1c(CCCNC(=O)C(C)(C)C)nc2ccccc21. The predicted molar refractivity (Wildman–Crippen MR) is 126 cm³/mol. The first-order valence-corrected chi connectivity index (χ1v) is 10.9. The quantitative estimate of drug-likeness (QED) is 0.374. The molecule has 3 aromatic rings. The highest BCUT2D eigenvalue weighted by Gasteiger charge is 2.20. The highest BCUT2D eigenvalue weighted by atomic mass is 16.5. The van der Waals surface area contributed by atoms with Crippen LogP contribution in [0.25, 0.3) is 11.0 Å². The Morgan fingerprint density at radius 3 is 2.68 bits per heavy atom. The average molecular weight is 420 g/mol. The van der Waals surface area contributed by atoms with Crippen molar-refractivity contribution in [1.82, 2.24) is 14.9 Å². The van der Waals surface area contributed by atoms with Gasteiger partial charge in [0.1, 0.15) is 18.2 Å². The number of hydrogen-bond acceptors (Lipinski definition) is 3. The molecule has 5 heteroatoms. The fourth-order valence-corrected chi connectivity index (χ4v) is 3.50. The zero-order valence-corrected chi connectivity index (χ0v) is 18.9. The Bertz CT molecular complexity index is 1030. The fourth-order valence-electron chi connectivity index (χ4n) is 3.50.